The molecule has 10 heteroatoms. The zero-order chi connectivity index (χ0) is 24.1. The van der Waals surface area contributed by atoms with E-state index in [1.807, 2.05) is 6.92 Å². The van der Waals surface area contributed by atoms with Gasteiger partial charge in [0.1, 0.15) is 6.61 Å². The Hall–Kier alpha value is -0.990. The van der Waals surface area contributed by atoms with Gasteiger partial charge >= 0.3 is 19.8 Å². The van der Waals surface area contributed by atoms with Gasteiger partial charge in [-0.2, -0.15) is 0 Å². The van der Waals surface area contributed by atoms with Crippen LogP contribution in [0.15, 0.2) is 0 Å². The minimum atomic E-state index is -4.33. The molecule has 0 heterocycles. The Kier molecular flexibility index (Phi) is 20.0. The first-order chi connectivity index (χ1) is 15.3. The Bertz CT molecular complexity index is 532. The summed E-state index contributed by atoms with van der Waals surface area (Å²) in [7, 11) is -4.33. The Balaban J connectivity index is 4.41. The minimum Gasteiger partial charge on any atom is -0.462 e. The molecule has 2 atom stereocenters. The molecule has 0 aromatic rings. The van der Waals surface area contributed by atoms with E-state index in [0.717, 1.165) is 32.1 Å². The summed E-state index contributed by atoms with van der Waals surface area (Å²) in [5, 5.41) is 0. The van der Waals surface area contributed by atoms with Gasteiger partial charge in [-0.15, -0.1) is 0 Å². The fraction of sp³-hybridized carbons (Fsp3) is 0.909. The van der Waals surface area contributed by atoms with Crippen molar-refractivity contribution in [3.8, 4) is 0 Å². The number of carbonyl (C=O) groups is 2. The van der Waals surface area contributed by atoms with Crippen LogP contribution in [0, 0.1) is 0 Å². The number of rotatable bonds is 22. The number of esters is 2. The van der Waals surface area contributed by atoms with E-state index in [9.17, 15) is 19.0 Å². The van der Waals surface area contributed by atoms with Crippen LogP contribution in [0.1, 0.15) is 97.3 Å². The van der Waals surface area contributed by atoms with Crippen molar-refractivity contribution in [2.45, 2.75) is 103 Å². The summed E-state index contributed by atoms with van der Waals surface area (Å²) < 4.78 is 31.9. The van der Waals surface area contributed by atoms with Gasteiger partial charge in [-0.1, -0.05) is 71.6 Å². The number of unbranched alkanes of at least 4 members (excludes halogenated alkanes) is 9. The maximum Gasteiger partial charge on any atom is 0.472 e. The van der Waals surface area contributed by atoms with Crippen LogP contribution in [0.5, 0.6) is 0 Å². The van der Waals surface area contributed by atoms with Gasteiger partial charge in [-0.05, 0) is 12.8 Å². The molecule has 0 bridgehead atoms. The molecule has 0 fully saturated rings. The molecule has 0 spiro atoms. The molecule has 0 saturated heterocycles. The summed E-state index contributed by atoms with van der Waals surface area (Å²) in [5.74, 6) is -0.864. The molecule has 0 aliphatic rings. The molecule has 0 aromatic heterocycles. The lowest BCUT2D eigenvalue weighted by atomic mass is 10.1. The molecule has 9 nitrogen and oxygen atoms in total. The zero-order valence-electron chi connectivity index (χ0n) is 19.9. The molecule has 0 saturated carbocycles. The monoisotopic (exact) mass is 481 g/mol. The fourth-order valence-corrected chi connectivity index (χ4v) is 3.69. The highest BCUT2D eigenvalue weighted by Crippen LogP contribution is 2.43. The molecule has 0 amide bonds. The number of hydrogen-bond acceptors (Lipinski definition) is 8. The lowest BCUT2D eigenvalue weighted by molar-refractivity contribution is -0.161. The van der Waals surface area contributed by atoms with Gasteiger partial charge in [0.05, 0.1) is 13.2 Å². The maximum absolute atomic E-state index is 12.2. The summed E-state index contributed by atoms with van der Waals surface area (Å²) in [4.78, 5) is 33.7. The maximum atomic E-state index is 12.2. The second-order valence-electron chi connectivity index (χ2n) is 7.86. The molecular formula is C22H44NO8P. The van der Waals surface area contributed by atoms with Crippen LogP contribution >= 0.6 is 7.82 Å². The van der Waals surface area contributed by atoms with Gasteiger partial charge in [0.2, 0.25) is 0 Å². The summed E-state index contributed by atoms with van der Waals surface area (Å²) in [5.41, 5.74) is 5.25. The lowest BCUT2D eigenvalue weighted by Crippen LogP contribution is -2.29. The number of ether oxygens (including phenoxy) is 2. The lowest BCUT2D eigenvalue weighted by Gasteiger charge is -2.19. The largest absolute Gasteiger partial charge is 0.472 e. The van der Waals surface area contributed by atoms with Gasteiger partial charge < -0.3 is 20.1 Å². The highest BCUT2D eigenvalue weighted by Gasteiger charge is 2.25. The van der Waals surface area contributed by atoms with E-state index in [0.29, 0.717) is 12.8 Å². The first-order valence-corrected chi connectivity index (χ1v) is 13.5. The summed E-state index contributed by atoms with van der Waals surface area (Å²) in [6, 6.07) is 0. The van der Waals surface area contributed by atoms with Crippen molar-refractivity contribution in [3.05, 3.63) is 0 Å². The topological polar surface area (TPSA) is 134 Å². The predicted molar refractivity (Wildman–Crippen MR) is 123 cm³/mol. The Morgan fingerprint density at radius 2 is 1.34 bits per heavy atom. The number of carbonyl (C=O) groups excluding carboxylic acids is 2. The van der Waals surface area contributed by atoms with Crippen LogP contribution in [-0.2, 0) is 32.7 Å². The molecule has 0 radical (unpaired) electrons. The van der Waals surface area contributed by atoms with Crippen molar-refractivity contribution in [1.29, 1.82) is 0 Å². The van der Waals surface area contributed by atoms with E-state index in [2.05, 4.69) is 11.4 Å². The van der Waals surface area contributed by atoms with E-state index >= 15 is 0 Å². The van der Waals surface area contributed by atoms with E-state index < -0.39 is 32.5 Å². The molecule has 3 N–H and O–H groups in total. The number of nitrogens with two attached hydrogens (primary N) is 1. The molecule has 0 rings (SSSR count). The number of hydrogen-bond donors (Lipinski definition) is 2. The van der Waals surface area contributed by atoms with Crippen molar-refractivity contribution >= 4 is 19.8 Å². The van der Waals surface area contributed by atoms with Crippen LogP contribution in [0.2, 0.25) is 0 Å². The molecule has 0 aliphatic carbocycles. The van der Waals surface area contributed by atoms with E-state index in [1.54, 1.807) is 0 Å². The second-order valence-corrected chi connectivity index (χ2v) is 9.32. The van der Waals surface area contributed by atoms with Crippen molar-refractivity contribution in [2.24, 2.45) is 5.73 Å². The normalized spacial score (nSPS) is 14.0. The fourth-order valence-electron chi connectivity index (χ4n) is 2.92. The molecule has 0 aliphatic heterocycles. The van der Waals surface area contributed by atoms with Crippen LogP contribution in [0.4, 0.5) is 0 Å². The Morgan fingerprint density at radius 1 is 0.812 bits per heavy atom. The van der Waals surface area contributed by atoms with Crippen molar-refractivity contribution in [2.75, 3.05) is 26.4 Å². The Morgan fingerprint density at radius 3 is 1.97 bits per heavy atom. The average molecular weight is 482 g/mol. The van der Waals surface area contributed by atoms with Crippen molar-refractivity contribution < 1.29 is 37.6 Å². The number of phosphoric acid groups is 1. The smallest absolute Gasteiger partial charge is 0.462 e. The van der Waals surface area contributed by atoms with Crippen LogP contribution in [0.3, 0.4) is 0 Å². The first-order valence-electron chi connectivity index (χ1n) is 12.0. The van der Waals surface area contributed by atoms with Gasteiger partial charge in [0.15, 0.2) is 6.10 Å². The standard InChI is InChI=1S/C22H44NO8P/c1-3-5-7-8-9-10-11-13-15-22(25)31-20(18-28-21(24)14-12-6-4-2)19-30-32(26,27)29-17-16-23/h20H,3-19,23H2,1-2H3,(H,26,27)/t20-/m1/s1. The summed E-state index contributed by atoms with van der Waals surface area (Å²) in [6.07, 6.45) is 10.9. The van der Waals surface area contributed by atoms with E-state index in [4.69, 9.17) is 19.7 Å². The van der Waals surface area contributed by atoms with Gasteiger partial charge in [-0.3, -0.25) is 18.6 Å². The second kappa shape index (κ2) is 20.6. The predicted octanol–water partition coefficient (Wildman–Crippen LogP) is 4.64. The van der Waals surface area contributed by atoms with Gasteiger partial charge in [-0.25, -0.2) is 4.57 Å². The Labute approximate surface area is 193 Å². The third-order valence-corrected chi connectivity index (χ3v) is 5.73. The quantitative estimate of drug-likeness (QED) is 0.129. The summed E-state index contributed by atoms with van der Waals surface area (Å²) >= 11 is 0. The zero-order valence-corrected chi connectivity index (χ0v) is 20.8. The molecule has 0 aromatic carbocycles. The third-order valence-electron chi connectivity index (χ3n) is 4.74. The molecule has 1 unspecified atom stereocenters. The van der Waals surface area contributed by atoms with Gasteiger partial charge in [0.25, 0.3) is 0 Å². The van der Waals surface area contributed by atoms with E-state index in [-0.39, 0.29) is 32.6 Å². The molecule has 190 valence electrons. The van der Waals surface area contributed by atoms with Crippen molar-refractivity contribution in [1.82, 2.24) is 0 Å². The van der Waals surface area contributed by atoms with Crippen LogP contribution in [0.25, 0.3) is 0 Å². The summed E-state index contributed by atoms with van der Waals surface area (Å²) in [6.45, 7) is 3.45. The average Bonchev–Trinajstić information content (AvgIpc) is 2.76. The highest BCUT2D eigenvalue weighted by molar-refractivity contribution is 7.47. The SMILES string of the molecule is CCCCCCCCCCC(=O)O[C@H](COC(=O)CCCCC)COP(=O)(O)OCCN. The van der Waals surface area contributed by atoms with Crippen LogP contribution in [-0.4, -0.2) is 49.3 Å². The highest BCUT2D eigenvalue weighted by atomic mass is 31.2. The van der Waals surface area contributed by atoms with Gasteiger partial charge in [0, 0.05) is 19.4 Å². The third kappa shape index (κ3) is 19.7. The first kappa shape index (κ1) is 31.0. The molecular weight excluding hydrogens is 437 g/mol. The molecule has 32 heavy (non-hydrogen) atoms. The van der Waals surface area contributed by atoms with Crippen LogP contribution < -0.4 is 5.73 Å². The van der Waals surface area contributed by atoms with Crippen molar-refractivity contribution in [3.63, 3.8) is 0 Å². The van der Waals surface area contributed by atoms with E-state index in [1.165, 1.54) is 25.7 Å². The number of phosphoric ester groups is 1. The minimum absolute atomic E-state index is 0.0559.